The minimum atomic E-state index is -4.82. The van der Waals surface area contributed by atoms with Gasteiger partial charge in [0.2, 0.25) is 5.75 Å². The van der Waals surface area contributed by atoms with E-state index >= 15 is 0 Å². The van der Waals surface area contributed by atoms with Crippen molar-refractivity contribution in [3.8, 4) is 23.3 Å². The third kappa shape index (κ3) is 4.75. The van der Waals surface area contributed by atoms with E-state index in [1.54, 1.807) is 24.3 Å². The van der Waals surface area contributed by atoms with E-state index in [4.69, 9.17) is 26.3 Å². The predicted molar refractivity (Wildman–Crippen MR) is 104 cm³/mol. The Morgan fingerprint density at radius 2 is 1.90 bits per heavy atom. The molecule has 3 rings (SSSR count). The first-order valence-corrected chi connectivity index (χ1v) is 8.91. The summed E-state index contributed by atoms with van der Waals surface area (Å²) in [4.78, 5) is 12.8. The summed E-state index contributed by atoms with van der Waals surface area (Å²) >= 11 is 5.88. The topological polar surface area (TPSA) is 64.2 Å². The number of aromatic nitrogens is 1. The number of nitrogens with zero attached hydrogens (tertiary/aromatic N) is 2. The quantitative estimate of drug-likeness (QED) is 0.550. The minimum Gasteiger partial charge on any atom is -0.497 e. The molecule has 5 nitrogen and oxygen atoms in total. The molecule has 0 fully saturated rings. The van der Waals surface area contributed by atoms with Crippen molar-refractivity contribution in [3.05, 3.63) is 86.8 Å². The minimum absolute atomic E-state index is 0.00349. The zero-order valence-corrected chi connectivity index (χ0v) is 16.3. The van der Waals surface area contributed by atoms with Crippen molar-refractivity contribution in [1.29, 1.82) is 5.26 Å². The van der Waals surface area contributed by atoms with E-state index in [1.165, 1.54) is 25.3 Å². The number of halogens is 4. The molecule has 30 heavy (non-hydrogen) atoms. The van der Waals surface area contributed by atoms with Crippen LogP contribution in [0.25, 0.3) is 0 Å². The van der Waals surface area contributed by atoms with Crippen LogP contribution in [-0.2, 0) is 12.7 Å². The Morgan fingerprint density at radius 1 is 1.13 bits per heavy atom. The molecule has 0 bridgehead atoms. The number of alkyl halides is 3. The monoisotopic (exact) mass is 434 g/mol. The van der Waals surface area contributed by atoms with Crippen LogP contribution in [0.2, 0.25) is 5.02 Å². The molecule has 0 aliphatic rings. The number of methoxy groups -OCH3 is 1. The van der Waals surface area contributed by atoms with Crippen molar-refractivity contribution in [2.24, 2.45) is 0 Å². The number of benzene rings is 2. The predicted octanol–water partition coefficient (Wildman–Crippen LogP) is 5.24. The van der Waals surface area contributed by atoms with Gasteiger partial charge in [-0.25, -0.2) is 0 Å². The number of ether oxygens (including phenoxy) is 2. The van der Waals surface area contributed by atoms with Gasteiger partial charge in [0.25, 0.3) is 5.56 Å². The van der Waals surface area contributed by atoms with Crippen LogP contribution in [0.4, 0.5) is 13.2 Å². The van der Waals surface area contributed by atoms with Gasteiger partial charge >= 0.3 is 6.18 Å². The molecule has 0 spiro atoms. The smallest absolute Gasteiger partial charge is 0.420 e. The molecule has 0 saturated carbocycles. The van der Waals surface area contributed by atoms with Crippen LogP contribution in [0.1, 0.15) is 16.7 Å². The molecule has 2 aromatic carbocycles. The van der Waals surface area contributed by atoms with E-state index in [0.29, 0.717) is 11.3 Å². The van der Waals surface area contributed by atoms with E-state index in [2.05, 4.69) is 0 Å². The SMILES string of the molecule is COc1cccc(Cn2ccc(C(F)(F)F)c(Oc3cc(Cl)cc(C#N)c3)c2=O)c1. The molecule has 9 heteroatoms. The lowest BCUT2D eigenvalue weighted by Gasteiger charge is -2.16. The number of rotatable bonds is 5. The second-order valence-corrected chi connectivity index (χ2v) is 6.67. The Kier molecular flexibility index (Phi) is 6.04. The zero-order valence-electron chi connectivity index (χ0n) is 15.5. The average molecular weight is 435 g/mol. The number of hydrogen-bond acceptors (Lipinski definition) is 4. The van der Waals surface area contributed by atoms with Crippen LogP contribution in [0.3, 0.4) is 0 Å². The van der Waals surface area contributed by atoms with Crippen molar-refractivity contribution in [2.75, 3.05) is 7.11 Å². The summed E-state index contributed by atoms with van der Waals surface area (Å²) in [6.07, 6.45) is -3.77. The summed E-state index contributed by atoms with van der Waals surface area (Å²) in [6, 6.07) is 13.1. The van der Waals surface area contributed by atoms with Crippen molar-refractivity contribution < 1.29 is 22.6 Å². The molecular formula is C21H14ClF3N2O3. The maximum atomic E-state index is 13.5. The van der Waals surface area contributed by atoms with E-state index < -0.39 is 23.0 Å². The zero-order chi connectivity index (χ0) is 21.9. The van der Waals surface area contributed by atoms with E-state index in [9.17, 15) is 18.0 Å². The first kappa shape index (κ1) is 21.3. The summed E-state index contributed by atoms with van der Waals surface area (Å²) in [6.45, 7) is 0.00349. The van der Waals surface area contributed by atoms with Gasteiger partial charge in [0, 0.05) is 11.2 Å². The van der Waals surface area contributed by atoms with Gasteiger partial charge in [-0.15, -0.1) is 0 Å². The number of nitriles is 1. The van der Waals surface area contributed by atoms with Crippen LogP contribution in [0.5, 0.6) is 17.2 Å². The molecule has 0 amide bonds. The molecule has 0 saturated heterocycles. The molecule has 1 heterocycles. The first-order chi connectivity index (χ1) is 14.2. The lowest BCUT2D eigenvalue weighted by Crippen LogP contribution is -2.25. The molecule has 0 radical (unpaired) electrons. The largest absolute Gasteiger partial charge is 0.497 e. The Balaban J connectivity index is 2.08. The molecular weight excluding hydrogens is 421 g/mol. The highest BCUT2D eigenvalue weighted by Crippen LogP contribution is 2.36. The fourth-order valence-electron chi connectivity index (χ4n) is 2.77. The standard InChI is InChI=1S/C21H14ClF3N2O3/c1-29-16-4-2-3-13(8-16)12-27-6-5-18(21(23,24)25)19(20(27)28)30-17-9-14(11-26)7-15(22)10-17/h2-10H,12H2,1H3. The summed E-state index contributed by atoms with van der Waals surface area (Å²) in [7, 11) is 1.48. The Labute approximate surface area is 174 Å². The molecule has 0 atom stereocenters. The molecule has 0 unspecified atom stereocenters. The lowest BCUT2D eigenvalue weighted by molar-refractivity contribution is -0.138. The molecule has 0 aliphatic heterocycles. The summed E-state index contributed by atoms with van der Waals surface area (Å²) < 4.78 is 52.0. The highest BCUT2D eigenvalue weighted by Gasteiger charge is 2.36. The van der Waals surface area contributed by atoms with Gasteiger partial charge in [-0.1, -0.05) is 23.7 Å². The number of hydrogen-bond donors (Lipinski definition) is 0. The highest BCUT2D eigenvalue weighted by atomic mass is 35.5. The average Bonchev–Trinajstić information content (AvgIpc) is 2.69. The summed E-state index contributed by atoms with van der Waals surface area (Å²) in [5, 5.41) is 9.11. The van der Waals surface area contributed by atoms with E-state index in [-0.39, 0.29) is 22.9 Å². The molecule has 3 aromatic rings. The molecule has 0 N–H and O–H groups in total. The van der Waals surface area contributed by atoms with Crippen LogP contribution in [0.15, 0.2) is 59.5 Å². The van der Waals surface area contributed by atoms with Crippen LogP contribution in [-0.4, -0.2) is 11.7 Å². The maximum Gasteiger partial charge on any atom is 0.420 e. The van der Waals surface area contributed by atoms with Gasteiger partial charge in [0.1, 0.15) is 17.1 Å². The van der Waals surface area contributed by atoms with E-state index in [1.807, 2.05) is 6.07 Å². The second kappa shape index (κ2) is 8.51. The lowest BCUT2D eigenvalue weighted by atomic mass is 10.2. The van der Waals surface area contributed by atoms with Crippen molar-refractivity contribution in [1.82, 2.24) is 4.57 Å². The van der Waals surface area contributed by atoms with Gasteiger partial charge in [0.15, 0.2) is 0 Å². The molecule has 154 valence electrons. The van der Waals surface area contributed by atoms with Crippen LogP contribution >= 0.6 is 11.6 Å². The van der Waals surface area contributed by atoms with Crippen LogP contribution < -0.4 is 15.0 Å². The van der Waals surface area contributed by atoms with Crippen molar-refractivity contribution in [2.45, 2.75) is 12.7 Å². The van der Waals surface area contributed by atoms with Crippen molar-refractivity contribution >= 4 is 11.6 Å². The normalized spacial score (nSPS) is 11.1. The van der Waals surface area contributed by atoms with Crippen LogP contribution in [0, 0.1) is 11.3 Å². The van der Waals surface area contributed by atoms with Gasteiger partial charge in [-0.3, -0.25) is 4.79 Å². The highest BCUT2D eigenvalue weighted by molar-refractivity contribution is 6.30. The first-order valence-electron chi connectivity index (χ1n) is 8.53. The van der Waals surface area contributed by atoms with Gasteiger partial charge in [-0.2, -0.15) is 18.4 Å². The Bertz CT molecular complexity index is 1180. The molecule has 1 aromatic heterocycles. The van der Waals surface area contributed by atoms with Gasteiger partial charge in [-0.05, 0) is 42.0 Å². The summed E-state index contributed by atoms with van der Waals surface area (Å²) in [5.74, 6) is -0.508. The fourth-order valence-corrected chi connectivity index (χ4v) is 3.00. The second-order valence-electron chi connectivity index (χ2n) is 6.23. The van der Waals surface area contributed by atoms with Gasteiger partial charge in [0.05, 0.1) is 25.3 Å². The Hall–Kier alpha value is -3.44. The Morgan fingerprint density at radius 3 is 2.57 bits per heavy atom. The third-order valence-electron chi connectivity index (χ3n) is 4.13. The summed E-state index contributed by atoms with van der Waals surface area (Å²) in [5.41, 5.74) is -1.48. The van der Waals surface area contributed by atoms with Gasteiger partial charge < -0.3 is 14.0 Å². The third-order valence-corrected chi connectivity index (χ3v) is 4.35. The molecule has 0 aliphatic carbocycles. The van der Waals surface area contributed by atoms with Crippen molar-refractivity contribution in [3.63, 3.8) is 0 Å². The fraction of sp³-hybridized carbons (Fsp3) is 0.143. The van der Waals surface area contributed by atoms with E-state index in [0.717, 1.165) is 16.8 Å². The maximum absolute atomic E-state index is 13.5. The number of pyridine rings is 1.